The standard InChI is InChI=1S/C15H17ClN2O2/c1-8-5-9(2)15(13(16)6-8)17-14(19)7-12-10(3)18-20-11(12)4/h5-6H,7H2,1-4H3,(H,17,19). The Morgan fingerprint density at radius 2 is 2.00 bits per heavy atom. The molecule has 1 aromatic carbocycles. The van der Waals surface area contributed by atoms with Crippen LogP contribution in [0.1, 0.15) is 28.1 Å². The van der Waals surface area contributed by atoms with Gasteiger partial charge in [-0.3, -0.25) is 4.79 Å². The molecule has 106 valence electrons. The summed E-state index contributed by atoms with van der Waals surface area (Å²) in [6.07, 6.45) is 0.227. The van der Waals surface area contributed by atoms with Gasteiger partial charge in [-0.05, 0) is 44.9 Å². The van der Waals surface area contributed by atoms with Crippen LogP contribution in [0.15, 0.2) is 16.7 Å². The average molecular weight is 293 g/mol. The van der Waals surface area contributed by atoms with Crippen LogP contribution in [0.4, 0.5) is 5.69 Å². The van der Waals surface area contributed by atoms with Gasteiger partial charge in [0.25, 0.3) is 0 Å². The lowest BCUT2D eigenvalue weighted by Crippen LogP contribution is -2.16. The summed E-state index contributed by atoms with van der Waals surface area (Å²) in [7, 11) is 0. The van der Waals surface area contributed by atoms with Crippen LogP contribution < -0.4 is 5.32 Å². The van der Waals surface area contributed by atoms with Crippen molar-refractivity contribution in [2.75, 3.05) is 5.32 Å². The van der Waals surface area contributed by atoms with E-state index in [-0.39, 0.29) is 12.3 Å². The third-order valence-corrected chi connectivity index (χ3v) is 3.51. The molecule has 0 unspecified atom stereocenters. The highest BCUT2D eigenvalue weighted by atomic mass is 35.5. The van der Waals surface area contributed by atoms with Crippen molar-refractivity contribution < 1.29 is 9.32 Å². The lowest BCUT2D eigenvalue weighted by molar-refractivity contribution is -0.115. The molecule has 1 heterocycles. The van der Waals surface area contributed by atoms with Crippen LogP contribution in [0.25, 0.3) is 0 Å². The highest BCUT2D eigenvalue weighted by Crippen LogP contribution is 2.27. The van der Waals surface area contributed by atoms with E-state index in [9.17, 15) is 4.79 Å². The van der Waals surface area contributed by atoms with Crippen LogP contribution in [0.5, 0.6) is 0 Å². The van der Waals surface area contributed by atoms with Crippen molar-refractivity contribution in [3.63, 3.8) is 0 Å². The van der Waals surface area contributed by atoms with Crippen molar-refractivity contribution in [3.05, 3.63) is 45.3 Å². The van der Waals surface area contributed by atoms with E-state index >= 15 is 0 Å². The van der Waals surface area contributed by atoms with Gasteiger partial charge in [0.2, 0.25) is 5.91 Å². The third kappa shape index (κ3) is 3.02. The molecule has 0 aliphatic rings. The lowest BCUT2D eigenvalue weighted by atomic mass is 10.1. The minimum absolute atomic E-state index is 0.131. The Bertz CT molecular complexity index is 619. The molecule has 0 bridgehead atoms. The summed E-state index contributed by atoms with van der Waals surface area (Å²) < 4.78 is 5.05. The van der Waals surface area contributed by atoms with Gasteiger partial charge in [-0.15, -0.1) is 0 Å². The zero-order chi connectivity index (χ0) is 14.9. The van der Waals surface area contributed by atoms with Gasteiger partial charge in [0.15, 0.2) is 0 Å². The molecule has 1 amide bonds. The van der Waals surface area contributed by atoms with Crippen molar-refractivity contribution >= 4 is 23.2 Å². The van der Waals surface area contributed by atoms with Gasteiger partial charge in [-0.1, -0.05) is 22.8 Å². The minimum Gasteiger partial charge on any atom is -0.361 e. The summed E-state index contributed by atoms with van der Waals surface area (Å²) in [6, 6.07) is 3.82. The van der Waals surface area contributed by atoms with Gasteiger partial charge in [0.05, 0.1) is 22.8 Å². The van der Waals surface area contributed by atoms with E-state index in [2.05, 4.69) is 10.5 Å². The second-order valence-corrected chi connectivity index (χ2v) is 5.37. The van der Waals surface area contributed by atoms with Gasteiger partial charge in [-0.25, -0.2) is 0 Å². The predicted molar refractivity (Wildman–Crippen MR) is 79.2 cm³/mol. The van der Waals surface area contributed by atoms with Gasteiger partial charge in [-0.2, -0.15) is 0 Å². The van der Waals surface area contributed by atoms with Crippen molar-refractivity contribution in [1.29, 1.82) is 0 Å². The Hall–Kier alpha value is -1.81. The second kappa shape index (κ2) is 5.67. The fraction of sp³-hybridized carbons (Fsp3) is 0.333. The Morgan fingerprint density at radius 1 is 1.30 bits per heavy atom. The number of amides is 1. The SMILES string of the molecule is Cc1cc(C)c(NC(=O)Cc2c(C)noc2C)c(Cl)c1. The largest absolute Gasteiger partial charge is 0.361 e. The average Bonchev–Trinajstić information content (AvgIpc) is 2.65. The summed E-state index contributed by atoms with van der Waals surface area (Å²) in [6.45, 7) is 7.51. The number of rotatable bonds is 3. The molecule has 0 aliphatic heterocycles. The minimum atomic E-state index is -0.131. The van der Waals surface area contributed by atoms with Gasteiger partial charge in [0, 0.05) is 5.56 Å². The maximum Gasteiger partial charge on any atom is 0.229 e. The fourth-order valence-electron chi connectivity index (χ4n) is 2.17. The molecule has 4 nitrogen and oxygen atoms in total. The molecule has 2 rings (SSSR count). The first-order valence-electron chi connectivity index (χ1n) is 6.37. The number of carbonyl (C=O) groups is 1. The van der Waals surface area contributed by atoms with E-state index in [0.29, 0.717) is 16.5 Å². The molecule has 0 radical (unpaired) electrons. The number of nitrogens with one attached hydrogen (secondary N) is 1. The number of benzene rings is 1. The maximum atomic E-state index is 12.1. The molecule has 0 saturated carbocycles. The van der Waals surface area contributed by atoms with Crippen LogP contribution in [0.2, 0.25) is 5.02 Å². The van der Waals surface area contributed by atoms with E-state index in [0.717, 1.165) is 22.4 Å². The summed E-state index contributed by atoms with van der Waals surface area (Å²) in [5, 5.41) is 7.25. The van der Waals surface area contributed by atoms with Gasteiger partial charge in [0.1, 0.15) is 5.76 Å². The van der Waals surface area contributed by atoms with E-state index in [4.69, 9.17) is 16.1 Å². The maximum absolute atomic E-state index is 12.1. The Labute approximate surface area is 123 Å². The van der Waals surface area contributed by atoms with Crippen LogP contribution >= 0.6 is 11.6 Å². The molecule has 0 atom stereocenters. The summed E-state index contributed by atoms with van der Waals surface area (Å²) in [5.74, 6) is 0.539. The molecule has 0 spiro atoms. The monoisotopic (exact) mass is 292 g/mol. The van der Waals surface area contributed by atoms with E-state index < -0.39 is 0 Å². The number of hydrogen-bond acceptors (Lipinski definition) is 3. The molecule has 0 aliphatic carbocycles. The van der Waals surface area contributed by atoms with E-state index in [1.807, 2.05) is 32.9 Å². The van der Waals surface area contributed by atoms with Crippen molar-refractivity contribution in [1.82, 2.24) is 5.16 Å². The zero-order valence-corrected chi connectivity index (χ0v) is 12.8. The highest BCUT2D eigenvalue weighted by molar-refractivity contribution is 6.34. The normalized spacial score (nSPS) is 10.7. The van der Waals surface area contributed by atoms with Crippen LogP contribution in [-0.4, -0.2) is 11.1 Å². The highest BCUT2D eigenvalue weighted by Gasteiger charge is 2.15. The predicted octanol–water partition coefficient (Wildman–Crippen LogP) is 3.74. The van der Waals surface area contributed by atoms with Gasteiger partial charge >= 0.3 is 0 Å². The number of aryl methyl sites for hydroxylation is 4. The summed E-state index contributed by atoms with van der Waals surface area (Å²) in [4.78, 5) is 12.1. The quantitative estimate of drug-likeness (QED) is 0.937. The molecule has 0 fully saturated rings. The number of anilines is 1. The second-order valence-electron chi connectivity index (χ2n) is 4.97. The number of carbonyl (C=O) groups excluding carboxylic acids is 1. The summed E-state index contributed by atoms with van der Waals surface area (Å²) >= 11 is 6.18. The van der Waals surface area contributed by atoms with Crippen molar-refractivity contribution in [2.24, 2.45) is 0 Å². The van der Waals surface area contributed by atoms with Crippen molar-refractivity contribution in [3.8, 4) is 0 Å². The fourth-order valence-corrected chi connectivity index (χ4v) is 2.54. The van der Waals surface area contributed by atoms with Crippen LogP contribution in [0.3, 0.4) is 0 Å². The lowest BCUT2D eigenvalue weighted by Gasteiger charge is -2.11. The Balaban J connectivity index is 2.17. The third-order valence-electron chi connectivity index (χ3n) is 3.21. The number of aromatic nitrogens is 1. The smallest absolute Gasteiger partial charge is 0.229 e. The first-order chi connectivity index (χ1) is 9.38. The molecule has 1 N–H and O–H groups in total. The number of halogens is 1. The molecule has 20 heavy (non-hydrogen) atoms. The molecule has 0 saturated heterocycles. The first-order valence-corrected chi connectivity index (χ1v) is 6.74. The molecular formula is C15H17ClN2O2. The molecule has 5 heteroatoms. The Kier molecular flexibility index (Phi) is 4.14. The summed E-state index contributed by atoms with van der Waals surface area (Å²) in [5.41, 5.74) is 4.24. The topological polar surface area (TPSA) is 55.1 Å². The van der Waals surface area contributed by atoms with E-state index in [1.165, 1.54) is 0 Å². The van der Waals surface area contributed by atoms with Crippen molar-refractivity contribution in [2.45, 2.75) is 34.1 Å². The first kappa shape index (κ1) is 14.6. The Morgan fingerprint density at radius 3 is 2.55 bits per heavy atom. The van der Waals surface area contributed by atoms with E-state index in [1.54, 1.807) is 6.92 Å². The zero-order valence-electron chi connectivity index (χ0n) is 12.0. The van der Waals surface area contributed by atoms with Crippen LogP contribution in [-0.2, 0) is 11.2 Å². The van der Waals surface area contributed by atoms with Crippen LogP contribution in [0, 0.1) is 27.7 Å². The number of nitrogens with zero attached hydrogens (tertiary/aromatic N) is 1. The van der Waals surface area contributed by atoms with Gasteiger partial charge < -0.3 is 9.84 Å². The molecule has 2 aromatic rings. The molecular weight excluding hydrogens is 276 g/mol. The molecule has 1 aromatic heterocycles. The number of hydrogen-bond donors (Lipinski definition) is 1.